The molecule has 1 aromatic heterocycles. The summed E-state index contributed by atoms with van der Waals surface area (Å²) in [6, 6.07) is 6.69. The molecule has 0 aliphatic carbocycles. The third kappa shape index (κ3) is 4.14. The third-order valence-electron chi connectivity index (χ3n) is 3.59. The molecule has 0 fully saturated rings. The maximum atomic E-state index is 4.43. The van der Waals surface area contributed by atoms with Crippen LogP contribution in [0, 0.1) is 6.92 Å². The lowest BCUT2D eigenvalue weighted by atomic mass is 9.98. The van der Waals surface area contributed by atoms with Gasteiger partial charge in [0.15, 0.2) is 0 Å². The first kappa shape index (κ1) is 16.2. The first-order valence-corrected chi connectivity index (χ1v) is 8.31. The molecule has 0 saturated carbocycles. The van der Waals surface area contributed by atoms with Crippen molar-refractivity contribution in [3.05, 3.63) is 46.0 Å². The van der Waals surface area contributed by atoms with Crippen molar-refractivity contribution < 1.29 is 0 Å². The zero-order valence-electron chi connectivity index (χ0n) is 12.9. The fourth-order valence-electron chi connectivity index (χ4n) is 2.55. The number of hydrogen-bond donors (Lipinski definition) is 1. The molecule has 1 N–H and O–H groups in total. The molecule has 1 aromatic carbocycles. The summed E-state index contributed by atoms with van der Waals surface area (Å²) in [5.41, 5.74) is 2.61. The van der Waals surface area contributed by atoms with Crippen molar-refractivity contribution >= 4 is 15.9 Å². The van der Waals surface area contributed by atoms with Gasteiger partial charge in [-0.3, -0.25) is 4.68 Å². The molecule has 0 saturated heterocycles. The quantitative estimate of drug-likeness (QED) is 0.828. The standard InChI is InChI=1S/C16H23BrN4/c1-4-8-21-16(19-11-20-21)10-15(18-5-2)14-9-13(17)7-6-12(14)3/h6-7,9,11,15,18H,4-5,8,10H2,1-3H3. The average molecular weight is 351 g/mol. The number of benzene rings is 1. The number of aryl methyl sites for hydroxylation is 2. The molecule has 0 amide bonds. The second-order valence-corrected chi connectivity index (χ2v) is 6.13. The van der Waals surface area contributed by atoms with Crippen LogP contribution in [0.4, 0.5) is 0 Å². The summed E-state index contributed by atoms with van der Waals surface area (Å²) in [5, 5.41) is 7.89. The number of likely N-dealkylation sites (N-methyl/N-ethyl adjacent to an activating group) is 1. The van der Waals surface area contributed by atoms with Crippen LogP contribution in [0.1, 0.15) is 43.3 Å². The van der Waals surface area contributed by atoms with Crippen molar-refractivity contribution in [2.75, 3.05) is 6.54 Å². The van der Waals surface area contributed by atoms with Crippen LogP contribution in [-0.2, 0) is 13.0 Å². The third-order valence-corrected chi connectivity index (χ3v) is 4.08. The number of halogens is 1. The van der Waals surface area contributed by atoms with Gasteiger partial charge in [-0.2, -0.15) is 5.10 Å². The molecule has 1 atom stereocenters. The fraction of sp³-hybridized carbons (Fsp3) is 0.500. The van der Waals surface area contributed by atoms with E-state index in [0.29, 0.717) is 0 Å². The van der Waals surface area contributed by atoms with Gasteiger partial charge in [-0.1, -0.05) is 35.8 Å². The molecule has 0 aliphatic heterocycles. The minimum Gasteiger partial charge on any atom is -0.310 e. The summed E-state index contributed by atoms with van der Waals surface area (Å²) < 4.78 is 3.12. The van der Waals surface area contributed by atoms with Crippen LogP contribution in [0.15, 0.2) is 29.0 Å². The molecule has 0 spiro atoms. The first-order valence-electron chi connectivity index (χ1n) is 7.51. The van der Waals surface area contributed by atoms with Crippen LogP contribution in [0.5, 0.6) is 0 Å². The fourth-order valence-corrected chi connectivity index (χ4v) is 2.93. The summed E-state index contributed by atoms with van der Waals surface area (Å²) in [5.74, 6) is 1.04. The molecular weight excluding hydrogens is 328 g/mol. The number of rotatable bonds is 7. The van der Waals surface area contributed by atoms with E-state index in [4.69, 9.17) is 0 Å². The van der Waals surface area contributed by atoms with Crippen LogP contribution < -0.4 is 5.32 Å². The molecule has 1 heterocycles. The van der Waals surface area contributed by atoms with Crippen molar-refractivity contribution in [1.29, 1.82) is 0 Å². The topological polar surface area (TPSA) is 42.7 Å². The van der Waals surface area contributed by atoms with Gasteiger partial charge in [0.05, 0.1) is 0 Å². The van der Waals surface area contributed by atoms with E-state index in [9.17, 15) is 0 Å². The molecule has 21 heavy (non-hydrogen) atoms. The molecule has 114 valence electrons. The largest absolute Gasteiger partial charge is 0.310 e. The van der Waals surface area contributed by atoms with Crippen molar-refractivity contribution in [1.82, 2.24) is 20.1 Å². The summed E-state index contributed by atoms with van der Waals surface area (Å²) in [6.07, 6.45) is 3.57. The van der Waals surface area contributed by atoms with Gasteiger partial charge in [-0.15, -0.1) is 0 Å². The normalized spacial score (nSPS) is 12.6. The summed E-state index contributed by atoms with van der Waals surface area (Å²) in [7, 11) is 0. The van der Waals surface area contributed by atoms with Gasteiger partial charge in [0.25, 0.3) is 0 Å². The van der Waals surface area contributed by atoms with Gasteiger partial charge in [0.1, 0.15) is 12.2 Å². The summed E-state index contributed by atoms with van der Waals surface area (Å²) in [4.78, 5) is 4.43. The lowest BCUT2D eigenvalue weighted by Crippen LogP contribution is -2.25. The Morgan fingerprint density at radius 2 is 2.14 bits per heavy atom. The number of nitrogens with one attached hydrogen (secondary N) is 1. The van der Waals surface area contributed by atoms with Crippen LogP contribution in [0.25, 0.3) is 0 Å². The van der Waals surface area contributed by atoms with E-state index in [1.54, 1.807) is 6.33 Å². The second kappa shape index (κ2) is 7.71. The van der Waals surface area contributed by atoms with Crippen LogP contribution in [0.2, 0.25) is 0 Å². The summed E-state index contributed by atoms with van der Waals surface area (Å²) >= 11 is 3.57. The highest BCUT2D eigenvalue weighted by Gasteiger charge is 2.17. The number of aromatic nitrogens is 3. The number of hydrogen-bond acceptors (Lipinski definition) is 3. The minimum absolute atomic E-state index is 0.257. The molecule has 5 heteroatoms. The smallest absolute Gasteiger partial charge is 0.138 e. The van der Waals surface area contributed by atoms with Gasteiger partial charge in [0.2, 0.25) is 0 Å². The molecule has 2 aromatic rings. The SMILES string of the molecule is CCCn1ncnc1CC(NCC)c1cc(Br)ccc1C. The minimum atomic E-state index is 0.257. The van der Waals surface area contributed by atoms with Gasteiger partial charge >= 0.3 is 0 Å². The van der Waals surface area contributed by atoms with Crippen molar-refractivity contribution in [2.24, 2.45) is 0 Å². The molecule has 0 radical (unpaired) electrons. The zero-order chi connectivity index (χ0) is 15.2. The Kier molecular flexibility index (Phi) is 5.94. The van der Waals surface area contributed by atoms with E-state index in [1.807, 2.05) is 4.68 Å². The lowest BCUT2D eigenvalue weighted by Gasteiger charge is -2.20. The van der Waals surface area contributed by atoms with E-state index >= 15 is 0 Å². The summed E-state index contributed by atoms with van der Waals surface area (Å²) in [6.45, 7) is 8.30. The predicted molar refractivity (Wildman–Crippen MR) is 89.3 cm³/mol. The Morgan fingerprint density at radius 1 is 1.33 bits per heavy atom. The molecule has 2 rings (SSSR count). The van der Waals surface area contributed by atoms with Crippen LogP contribution >= 0.6 is 15.9 Å². The Balaban J connectivity index is 2.26. The van der Waals surface area contributed by atoms with Crippen molar-refractivity contribution in [3.63, 3.8) is 0 Å². The first-order chi connectivity index (χ1) is 10.2. The lowest BCUT2D eigenvalue weighted by molar-refractivity contribution is 0.497. The maximum Gasteiger partial charge on any atom is 0.138 e. The highest BCUT2D eigenvalue weighted by atomic mass is 79.9. The number of nitrogens with zero attached hydrogens (tertiary/aromatic N) is 3. The molecular formula is C16H23BrN4. The predicted octanol–water partition coefficient (Wildman–Crippen LogP) is 3.65. The Morgan fingerprint density at radius 3 is 2.86 bits per heavy atom. The van der Waals surface area contributed by atoms with E-state index < -0.39 is 0 Å². The zero-order valence-corrected chi connectivity index (χ0v) is 14.5. The average Bonchev–Trinajstić information content (AvgIpc) is 2.89. The Labute approximate surface area is 135 Å². The van der Waals surface area contributed by atoms with Gasteiger partial charge < -0.3 is 5.32 Å². The second-order valence-electron chi connectivity index (χ2n) is 5.21. The van der Waals surface area contributed by atoms with Crippen molar-refractivity contribution in [2.45, 2.75) is 46.2 Å². The van der Waals surface area contributed by atoms with Gasteiger partial charge in [-0.05, 0) is 43.1 Å². The molecule has 1 unspecified atom stereocenters. The van der Waals surface area contributed by atoms with E-state index in [1.165, 1.54) is 11.1 Å². The highest BCUT2D eigenvalue weighted by molar-refractivity contribution is 9.10. The van der Waals surface area contributed by atoms with Gasteiger partial charge in [-0.25, -0.2) is 4.98 Å². The van der Waals surface area contributed by atoms with Gasteiger partial charge in [0, 0.05) is 23.5 Å². The van der Waals surface area contributed by atoms with E-state index in [2.05, 4.69) is 70.3 Å². The van der Waals surface area contributed by atoms with Crippen molar-refractivity contribution in [3.8, 4) is 0 Å². The molecule has 0 aliphatic rings. The molecule has 0 bridgehead atoms. The van der Waals surface area contributed by atoms with Crippen LogP contribution in [0.3, 0.4) is 0 Å². The van der Waals surface area contributed by atoms with E-state index in [-0.39, 0.29) is 6.04 Å². The van der Waals surface area contributed by atoms with Crippen LogP contribution in [-0.4, -0.2) is 21.3 Å². The van der Waals surface area contributed by atoms with E-state index in [0.717, 1.165) is 36.2 Å². The highest BCUT2D eigenvalue weighted by Crippen LogP contribution is 2.24. The monoisotopic (exact) mass is 350 g/mol. The molecule has 4 nitrogen and oxygen atoms in total. The maximum absolute atomic E-state index is 4.43. The Bertz CT molecular complexity index is 579. The Hall–Kier alpha value is -1.20.